The maximum Gasteiger partial charge on any atom is 0.123 e. The van der Waals surface area contributed by atoms with Crippen LogP contribution < -0.4 is 10.1 Å². The minimum absolute atomic E-state index is 0.214. The molecule has 0 saturated carbocycles. The molecule has 0 aliphatic rings. The van der Waals surface area contributed by atoms with Crippen LogP contribution in [0.25, 0.3) is 0 Å². The van der Waals surface area contributed by atoms with Gasteiger partial charge in [0.1, 0.15) is 18.2 Å². The molecule has 0 atom stereocenters. The van der Waals surface area contributed by atoms with Gasteiger partial charge in [0, 0.05) is 12.2 Å². The van der Waals surface area contributed by atoms with Crippen molar-refractivity contribution in [1.29, 1.82) is 0 Å². The van der Waals surface area contributed by atoms with E-state index in [4.69, 9.17) is 4.74 Å². The lowest BCUT2D eigenvalue weighted by atomic mass is 10.2. The molecule has 2 nitrogen and oxygen atoms in total. The van der Waals surface area contributed by atoms with Crippen molar-refractivity contribution in [2.75, 3.05) is 5.32 Å². The van der Waals surface area contributed by atoms with Gasteiger partial charge in [-0.15, -0.1) is 0 Å². The predicted octanol–water partition coefficient (Wildman–Crippen LogP) is 5.02. The third-order valence-electron chi connectivity index (χ3n) is 3.49. The van der Waals surface area contributed by atoms with Crippen LogP contribution in [0, 0.1) is 5.82 Å². The highest BCUT2D eigenvalue weighted by molar-refractivity contribution is 5.46. The molecule has 0 saturated heterocycles. The monoisotopic (exact) mass is 307 g/mol. The summed E-state index contributed by atoms with van der Waals surface area (Å²) in [5, 5.41) is 3.27. The lowest BCUT2D eigenvalue weighted by Crippen LogP contribution is -2.00. The lowest BCUT2D eigenvalue weighted by molar-refractivity contribution is 0.306. The van der Waals surface area contributed by atoms with Gasteiger partial charge in [-0.25, -0.2) is 4.39 Å². The van der Waals surface area contributed by atoms with Gasteiger partial charge in [-0.05, 0) is 47.5 Å². The number of nitrogens with one attached hydrogen (secondary N) is 1. The van der Waals surface area contributed by atoms with Crippen LogP contribution in [-0.2, 0) is 13.2 Å². The second-order valence-corrected chi connectivity index (χ2v) is 5.28. The van der Waals surface area contributed by atoms with E-state index in [9.17, 15) is 4.39 Å². The zero-order chi connectivity index (χ0) is 15.9. The van der Waals surface area contributed by atoms with Crippen LogP contribution in [0.4, 0.5) is 10.1 Å². The zero-order valence-corrected chi connectivity index (χ0v) is 12.7. The van der Waals surface area contributed by atoms with E-state index in [1.54, 1.807) is 6.07 Å². The maximum absolute atomic E-state index is 13.1. The quantitative estimate of drug-likeness (QED) is 0.690. The molecule has 3 aromatic rings. The summed E-state index contributed by atoms with van der Waals surface area (Å²) in [6, 6.07) is 24.4. The minimum atomic E-state index is -0.214. The number of benzene rings is 3. The molecule has 116 valence electrons. The fraction of sp³-hybridized carbons (Fsp3) is 0.100. The molecule has 0 aromatic heterocycles. The Kier molecular flexibility index (Phi) is 4.89. The fourth-order valence-corrected chi connectivity index (χ4v) is 2.26. The van der Waals surface area contributed by atoms with Gasteiger partial charge in [0.25, 0.3) is 0 Å². The average molecular weight is 307 g/mol. The SMILES string of the molecule is Fc1cccc(CNc2ccc(OCc3ccccc3)cc2)c1. The van der Waals surface area contributed by atoms with Crippen LogP contribution in [0.1, 0.15) is 11.1 Å². The van der Waals surface area contributed by atoms with Crippen molar-refractivity contribution < 1.29 is 9.13 Å². The van der Waals surface area contributed by atoms with E-state index in [0.29, 0.717) is 13.2 Å². The van der Waals surface area contributed by atoms with E-state index >= 15 is 0 Å². The van der Waals surface area contributed by atoms with Crippen molar-refractivity contribution in [2.24, 2.45) is 0 Å². The number of rotatable bonds is 6. The van der Waals surface area contributed by atoms with E-state index in [2.05, 4.69) is 5.32 Å². The van der Waals surface area contributed by atoms with Crippen molar-refractivity contribution in [1.82, 2.24) is 0 Å². The Labute approximate surface area is 135 Å². The van der Waals surface area contributed by atoms with Crippen LogP contribution >= 0.6 is 0 Å². The first-order chi connectivity index (χ1) is 11.3. The van der Waals surface area contributed by atoms with Crippen molar-refractivity contribution in [2.45, 2.75) is 13.2 Å². The van der Waals surface area contributed by atoms with Gasteiger partial charge >= 0.3 is 0 Å². The van der Waals surface area contributed by atoms with Gasteiger partial charge in [0.05, 0.1) is 0 Å². The normalized spacial score (nSPS) is 10.3. The first kappa shape index (κ1) is 15.1. The summed E-state index contributed by atoms with van der Waals surface area (Å²) in [7, 11) is 0. The molecule has 0 spiro atoms. The molecular formula is C20H18FNO. The number of hydrogen-bond acceptors (Lipinski definition) is 2. The first-order valence-electron chi connectivity index (χ1n) is 7.55. The summed E-state index contributed by atoms with van der Waals surface area (Å²) in [5.74, 6) is 0.610. The van der Waals surface area contributed by atoms with Crippen LogP contribution in [-0.4, -0.2) is 0 Å². The second kappa shape index (κ2) is 7.45. The fourth-order valence-electron chi connectivity index (χ4n) is 2.26. The molecule has 0 amide bonds. The summed E-state index contributed by atoms with van der Waals surface area (Å²) >= 11 is 0. The molecule has 23 heavy (non-hydrogen) atoms. The number of halogens is 1. The average Bonchev–Trinajstić information content (AvgIpc) is 2.60. The predicted molar refractivity (Wildman–Crippen MR) is 90.9 cm³/mol. The molecule has 3 aromatic carbocycles. The Balaban J connectivity index is 1.52. The number of anilines is 1. The zero-order valence-electron chi connectivity index (χ0n) is 12.7. The van der Waals surface area contributed by atoms with Crippen molar-refractivity contribution >= 4 is 5.69 Å². The highest BCUT2D eigenvalue weighted by atomic mass is 19.1. The molecule has 0 radical (unpaired) electrons. The van der Waals surface area contributed by atoms with Gasteiger partial charge in [-0.3, -0.25) is 0 Å². The van der Waals surface area contributed by atoms with Gasteiger partial charge in [0.15, 0.2) is 0 Å². The largest absolute Gasteiger partial charge is 0.489 e. The maximum atomic E-state index is 13.1. The molecule has 0 fully saturated rings. The summed E-state index contributed by atoms with van der Waals surface area (Å²) in [6.45, 7) is 1.14. The molecule has 3 rings (SSSR count). The summed E-state index contributed by atoms with van der Waals surface area (Å²) in [6.07, 6.45) is 0. The molecular weight excluding hydrogens is 289 g/mol. The smallest absolute Gasteiger partial charge is 0.123 e. The van der Waals surface area contributed by atoms with Crippen LogP contribution in [0.5, 0.6) is 5.75 Å². The molecule has 0 aliphatic heterocycles. The van der Waals surface area contributed by atoms with E-state index < -0.39 is 0 Å². The summed E-state index contributed by atoms with van der Waals surface area (Å²) in [4.78, 5) is 0. The molecule has 0 unspecified atom stereocenters. The van der Waals surface area contributed by atoms with E-state index in [-0.39, 0.29) is 5.82 Å². The molecule has 3 heteroatoms. The number of hydrogen-bond donors (Lipinski definition) is 1. The Morgan fingerprint density at radius 3 is 2.26 bits per heavy atom. The third kappa shape index (κ3) is 4.58. The van der Waals surface area contributed by atoms with Crippen molar-refractivity contribution in [3.63, 3.8) is 0 Å². The van der Waals surface area contributed by atoms with E-state index in [1.165, 1.54) is 12.1 Å². The summed E-state index contributed by atoms with van der Waals surface area (Å²) in [5.41, 5.74) is 3.02. The lowest BCUT2D eigenvalue weighted by Gasteiger charge is -2.09. The topological polar surface area (TPSA) is 21.3 Å². The van der Waals surface area contributed by atoms with Crippen LogP contribution in [0.3, 0.4) is 0 Å². The second-order valence-electron chi connectivity index (χ2n) is 5.28. The Bertz CT molecular complexity index is 741. The van der Waals surface area contributed by atoms with Gasteiger partial charge in [0.2, 0.25) is 0 Å². The Morgan fingerprint density at radius 1 is 0.783 bits per heavy atom. The van der Waals surface area contributed by atoms with E-state index in [1.807, 2.05) is 60.7 Å². The standard InChI is InChI=1S/C20H18FNO/c21-18-8-4-7-17(13-18)14-22-19-9-11-20(12-10-19)23-15-16-5-2-1-3-6-16/h1-13,22H,14-15H2. The molecule has 0 heterocycles. The third-order valence-corrected chi connectivity index (χ3v) is 3.49. The summed E-state index contributed by atoms with van der Waals surface area (Å²) < 4.78 is 18.9. The van der Waals surface area contributed by atoms with Crippen molar-refractivity contribution in [3.05, 3.63) is 95.8 Å². The first-order valence-corrected chi connectivity index (χ1v) is 7.55. The van der Waals surface area contributed by atoms with E-state index in [0.717, 1.165) is 22.6 Å². The van der Waals surface area contributed by atoms with Gasteiger partial charge < -0.3 is 10.1 Å². The minimum Gasteiger partial charge on any atom is -0.489 e. The molecule has 0 aliphatic carbocycles. The number of ether oxygens (including phenoxy) is 1. The Hall–Kier alpha value is -2.81. The van der Waals surface area contributed by atoms with Gasteiger partial charge in [-0.2, -0.15) is 0 Å². The van der Waals surface area contributed by atoms with Crippen LogP contribution in [0.15, 0.2) is 78.9 Å². The van der Waals surface area contributed by atoms with Gasteiger partial charge in [-0.1, -0.05) is 42.5 Å². The van der Waals surface area contributed by atoms with Crippen LogP contribution in [0.2, 0.25) is 0 Å². The molecule has 0 bridgehead atoms. The van der Waals surface area contributed by atoms with Crippen molar-refractivity contribution in [3.8, 4) is 5.75 Å². The highest BCUT2D eigenvalue weighted by Gasteiger charge is 1.98. The molecule has 1 N–H and O–H groups in total. The Morgan fingerprint density at radius 2 is 1.52 bits per heavy atom. The highest BCUT2D eigenvalue weighted by Crippen LogP contribution is 2.18.